The molecule has 0 fully saturated rings. The van der Waals surface area contributed by atoms with Crippen molar-refractivity contribution in [2.75, 3.05) is 0 Å². The van der Waals surface area contributed by atoms with Gasteiger partial charge in [0, 0.05) is 5.56 Å². The maximum atomic E-state index is 6.31. The third-order valence-corrected chi connectivity index (χ3v) is 4.58. The maximum Gasteiger partial charge on any atom is 0.182 e. The van der Waals surface area contributed by atoms with Crippen molar-refractivity contribution in [1.82, 2.24) is 29.4 Å². The van der Waals surface area contributed by atoms with Crippen molar-refractivity contribution in [2.45, 2.75) is 6.92 Å². The average molecular weight is 361 g/mol. The molecule has 0 N–H and O–H groups in total. The van der Waals surface area contributed by atoms with Gasteiger partial charge in [-0.15, -0.1) is 5.10 Å². The van der Waals surface area contributed by atoms with E-state index in [-0.39, 0.29) is 0 Å². The maximum absolute atomic E-state index is 6.31. The topological polar surface area (TPSA) is 60.9 Å². The fraction of sp³-hybridized carbons (Fsp3) is 0.0526. The molecule has 0 aliphatic rings. The molecule has 2 aromatic carbocycles. The minimum Gasteiger partial charge on any atom is -0.216 e. The van der Waals surface area contributed by atoms with Gasteiger partial charge in [-0.3, -0.25) is 0 Å². The first-order valence-electron chi connectivity index (χ1n) is 8.12. The van der Waals surface area contributed by atoms with Crippen molar-refractivity contribution in [3.05, 3.63) is 71.6 Å². The van der Waals surface area contributed by atoms with Crippen LogP contribution in [0, 0.1) is 6.92 Å². The molecule has 5 aromatic rings. The van der Waals surface area contributed by atoms with Crippen LogP contribution in [-0.4, -0.2) is 29.4 Å². The van der Waals surface area contributed by atoms with Gasteiger partial charge in [-0.2, -0.15) is 5.10 Å². The largest absolute Gasteiger partial charge is 0.216 e. The standard InChI is InChI=1S/C19H13ClN6/c1-12-5-4-6-13(9-12)17-23-19-14-10-22-26(16-8-3-2-7-15(16)20)18(14)21-11-25(19)24-17/h2-11H,1H3. The van der Waals surface area contributed by atoms with Gasteiger partial charge in [-0.05, 0) is 25.1 Å². The summed E-state index contributed by atoms with van der Waals surface area (Å²) in [6.07, 6.45) is 3.40. The molecule has 5 rings (SSSR count). The molecule has 0 bridgehead atoms. The Morgan fingerprint density at radius 2 is 1.88 bits per heavy atom. The number of halogens is 1. The third-order valence-electron chi connectivity index (χ3n) is 4.26. The monoisotopic (exact) mass is 360 g/mol. The highest BCUT2D eigenvalue weighted by Gasteiger charge is 2.15. The summed E-state index contributed by atoms with van der Waals surface area (Å²) in [6, 6.07) is 15.6. The highest BCUT2D eigenvalue weighted by molar-refractivity contribution is 6.32. The van der Waals surface area contributed by atoms with Crippen molar-refractivity contribution < 1.29 is 0 Å². The van der Waals surface area contributed by atoms with Crippen LogP contribution >= 0.6 is 11.6 Å². The highest BCUT2D eigenvalue weighted by atomic mass is 35.5. The van der Waals surface area contributed by atoms with E-state index in [1.165, 1.54) is 0 Å². The molecule has 0 aliphatic carbocycles. The first-order chi connectivity index (χ1) is 12.7. The van der Waals surface area contributed by atoms with Crippen molar-refractivity contribution >= 4 is 28.3 Å². The quantitative estimate of drug-likeness (QED) is 0.475. The Balaban J connectivity index is 1.73. The number of aryl methyl sites for hydroxylation is 1. The Bertz CT molecular complexity index is 1270. The molecule has 3 heterocycles. The van der Waals surface area contributed by atoms with E-state index in [4.69, 9.17) is 16.6 Å². The van der Waals surface area contributed by atoms with Gasteiger partial charge in [-0.1, -0.05) is 47.5 Å². The molecule has 3 aromatic heterocycles. The van der Waals surface area contributed by atoms with Crippen LogP contribution in [0.3, 0.4) is 0 Å². The van der Waals surface area contributed by atoms with E-state index in [1.807, 2.05) is 49.4 Å². The number of nitrogens with zero attached hydrogens (tertiary/aromatic N) is 6. The molecule has 0 aliphatic heterocycles. The van der Waals surface area contributed by atoms with Gasteiger partial charge in [0.15, 0.2) is 17.1 Å². The fourth-order valence-electron chi connectivity index (χ4n) is 3.03. The van der Waals surface area contributed by atoms with E-state index in [0.29, 0.717) is 22.1 Å². The summed E-state index contributed by atoms with van der Waals surface area (Å²) in [7, 11) is 0. The van der Waals surface area contributed by atoms with Gasteiger partial charge in [0.25, 0.3) is 0 Å². The number of aromatic nitrogens is 6. The Hall–Kier alpha value is -3.25. The van der Waals surface area contributed by atoms with Gasteiger partial charge in [0.1, 0.15) is 6.33 Å². The summed E-state index contributed by atoms with van der Waals surface area (Å²) in [4.78, 5) is 9.22. The third kappa shape index (κ3) is 2.27. The number of rotatable bonds is 2. The van der Waals surface area contributed by atoms with Crippen LogP contribution in [0.25, 0.3) is 33.8 Å². The summed E-state index contributed by atoms with van der Waals surface area (Å²) >= 11 is 6.31. The molecular formula is C19H13ClN6. The summed E-state index contributed by atoms with van der Waals surface area (Å²) < 4.78 is 3.40. The summed E-state index contributed by atoms with van der Waals surface area (Å²) in [6.45, 7) is 2.05. The lowest BCUT2D eigenvalue weighted by Crippen LogP contribution is -1.99. The Labute approximate surface area is 153 Å². The predicted molar refractivity (Wildman–Crippen MR) is 101 cm³/mol. The van der Waals surface area contributed by atoms with Crippen LogP contribution in [0.15, 0.2) is 61.1 Å². The normalized spacial score (nSPS) is 11.5. The molecule has 6 nitrogen and oxygen atoms in total. The number of fused-ring (bicyclic) bond motifs is 3. The molecule has 0 saturated heterocycles. The van der Waals surface area contributed by atoms with Gasteiger partial charge in [-0.25, -0.2) is 19.2 Å². The minimum atomic E-state index is 0.612. The number of hydrogen-bond acceptors (Lipinski definition) is 4. The smallest absolute Gasteiger partial charge is 0.182 e. The van der Waals surface area contributed by atoms with Crippen molar-refractivity contribution in [2.24, 2.45) is 0 Å². The van der Waals surface area contributed by atoms with Gasteiger partial charge >= 0.3 is 0 Å². The molecule has 7 heteroatoms. The first-order valence-corrected chi connectivity index (χ1v) is 8.49. The first kappa shape index (κ1) is 15.0. The van der Waals surface area contributed by atoms with E-state index in [0.717, 1.165) is 22.2 Å². The lowest BCUT2D eigenvalue weighted by atomic mass is 10.1. The van der Waals surface area contributed by atoms with Crippen LogP contribution < -0.4 is 0 Å². The summed E-state index contributed by atoms with van der Waals surface area (Å²) in [5.74, 6) is 0.661. The zero-order chi connectivity index (χ0) is 17.7. The van der Waals surface area contributed by atoms with Crippen LogP contribution in [0.2, 0.25) is 5.02 Å². The van der Waals surface area contributed by atoms with Gasteiger partial charge in [0.2, 0.25) is 0 Å². The molecular weight excluding hydrogens is 348 g/mol. The zero-order valence-corrected chi connectivity index (χ0v) is 14.6. The lowest BCUT2D eigenvalue weighted by Gasteiger charge is -2.04. The van der Waals surface area contributed by atoms with E-state index in [9.17, 15) is 0 Å². The molecule has 0 spiro atoms. The van der Waals surface area contributed by atoms with Gasteiger partial charge in [0.05, 0.1) is 22.3 Å². The van der Waals surface area contributed by atoms with Gasteiger partial charge < -0.3 is 0 Å². The molecule has 0 atom stereocenters. The van der Waals surface area contributed by atoms with Crippen molar-refractivity contribution in [3.8, 4) is 17.1 Å². The summed E-state index contributed by atoms with van der Waals surface area (Å²) in [5.41, 5.74) is 4.31. The Morgan fingerprint density at radius 3 is 2.73 bits per heavy atom. The molecule has 26 heavy (non-hydrogen) atoms. The van der Waals surface area contributed by atoms with E-state index >= 15 is 0 Å². The van der Waals surface area contributed by atoms with Crippen LogP contribution in [0.5, 0.6) is 0 Å². The second-order valence-electron chi connectivity index (χ2n) is 6.06. The second-order valence-corrected chi connectivity index (χ2v) is 6.47. The SMILES string of the molecule is Cc1cccc(-c2nc3c4cnn(-c5ccccc5Cl)c4ncn3n2)c1. The van der Waals surface area contributed by atoms with E-state index in [2.05, 4.69) is 21.2 Å². The molecule has 126 valence electrons. The summed E-state index contributed by atoms with van der Waals surface area (Å²) in [5, 5.41) is 10.4. The Morgan fingerprint density at radius 1 is 1.00 bits per heavy atom. The van der Waals surface area contributed by atoms with E-state index < -0.39 is 0 Å². The second kappa shape index (κ2) is 5.64. The van der Waals surface area contributed by atoms with Crippen LogP contribution in [-0.2, 0) is 0 Å². The number of benzene rings is 2. The molecule has 0 radical (unpaired) electrons. The Kier molecular flexibility index (Phi) is 3.26. The zero-order valence-electron chi connectivity index (χ0n) is 13.8. The molecule has 0 unspecified atom stereocenters. The predicted octanol–water partition coefficient (Wildman–Crippen LogP) is 4.09. The van der Waals surface area contributed by atoms with Crippen LogP contribution in [0.1, 0.15) is 5.56 Å². The number of hydrogen-bond donors (Lipinski definition) is 0. The minimum absolute atomic E-state index is 0.612. The molecule has 0 saturated carbocycles. The lowest BCUT2D eigenvalue weighted by molar-refractivity contribution is 0.883. The fourth-order valence-corrected chi connectivity index (χ4v) is 3.24. The average Bonchev–Trinajstić information content (AvgIpc) is 3.26. The van der Waals surface area contributed by atoms with Crippen molar-refractivity contribution in [3.63, 3.8) is 0 Å². The van der Waals surface area contributed by atoms with E-state index in [1.54, 1.807) is 21.7 Å². The number of para-hydroxylation sites is 1. The molecule has 0 amide bonds. The highest BCUT2D eigenvalue weighted by Crippen LogP contribution is 2.25. The van der Waals surface area contributed by atoms with Crippen LogP contribution in [0.4, 0.5) is 0 Å². The van der Waals surface area contributed by atoms with Crippen molar-refractivity contribution in [1.29, 1.82) is 0 Å².